The van der Waals surface area contributed by atoms with Crippen LogP contribution in [0.3, 0.4) is 0 Å². The summed E-state index contributed by atoms with van der Waals surface area (Å²) in [6.45, 7) is 2.38. The third-order valence-electron chi connectivity index (χ3n) is 2.26. The number of benzene rings is 1. The predicted octanol–water partition coefficient (Wildman–Crippen LogP) is 1.07. The van der Waals surface area contributed by atoms with E-state index in [1.54, 1.807) is 19.2 Å². The van der Waals surface area contributed by atoms with Gasteiger partial charge in [-0.2, -0.15) is 0 Å². The fraction of sp³-hybridized carbons (Fsp3) is 0.462. The van der Waals surface area contributed by atoms with Crippen LogP contribution in [0.25, 0.3) is 0 Å². The Hall–Kier alpha value is -1.30. The van der Waals surface area contributed by atoms with Gasteiger partial charge in [-0.15, -0.1) is 0 Å². The van der Waals surface area contributed by atoms with E-state index in [0.717, 1.165) is 0 Å². The van der Waals surface area contributed by atoms with Crippen molar-refractivity contribution in [3.05, 3.63) is 29.3 Å². The minimum Gasteiger partial charge on any atom is -0.492 e. The molecule has 2 N–H and O–H groups in total. The van der Waals surface area contributed by atoms with Gasteiger partial charge in [-0.05, 0) is 18.2 Å². The number of rotatable bonds is 9. The van der Waals surface area contributed by atoms with Crippen LogP contribution in [0, 0.1) is 0 Å². The first-order valence-electron chi connectivity index (χ1n) is 6.07. The van der Waals surface area contributed by atoms with Gasteiger partial charge in [0.2, 0.25) is 5.91 Å². The Kier molecular flexibility index (Phi) is 7.97. The highest BCUT2D eigenvalue weighted by Crippen LogP contribution is 2.16. The highest BCUT2D eigenvalue weighted by molar-refractivity contribution is 6.30. The zero-order valence-corrected chi connectivity index (χ0v) is 11.7. The molecular formula is C13H19ClN2O3. The topological polar surface area (TPSA) is 59.6 Å². The summed E-state index contributed by atoms with van der Waals surface area (Å²) in [4.78, 5) is 11.4. The second-order valence-electron chi connectivity index (χ2n) is 3.83. The molecule has 0 aliphatic rings. The van der Waals surface area contributed by atoms with Crippen molar-refractivity contribution in [3.63, 3.8) is 0 Å². The van der Waals surface area contributed by atoms with Crippen molar-refractivity contribution in [1.29, 1.82) is 0 Å². The molecule has 0 fully saturated rings. The van der Waals surface area contributed by atoms with Gasteiger partial charge < -0.3 is 20.1 Å². The molecule has 0 bridgehead atoms. The summed E-state index contributed by atoms with van der Waals surface area (Å²) in [6, 6.07) is 7.15. The number of carbonyl (C=O) groups excluding carboxylic acids is 1. The lowest BCUT2D eigenvalue weighted by molar-refractivity contribution is -0.120. The molecule has 6 heteroatoms. The number of methoxy groups -OCH3 is 1. The quantitative estimate of drug-likeness (QED) is 0.667. The van der Waals surface area contributed by atoms with Crippen LogP contribution in [0.2, 0.25) is 5.02 Å². The molecule has 0 saturated carbocycles. The average molecular weight is 287 g/mol. The van der Waals surface area contributed by atoms with Crippen LogP contribution in [0.4, 0.5) is 0 Å². The first kappa shape index (κ1) is 15.8. The average Bonchev–Trinajstić information content (AvgIpc) is 2.40. The molecule has 1 amide bonds. The van der Waals surface area contributed by atoms with Crippen LogP contribution >= 0.6 is 11.6 Å². The summed E-state index contributed by atoms with van der Waals surface area (Å²) in [5, 5.41) is 6.33. The van der Waals surface area contributed by atoms with Crippen LogP contribution in [-0.2, 0) is 9.53 Å². The van der Waals surface area contributed by atoms with Crippen molar-refractivity contribution >= 4 is 17.5 Å². The van der Waals surface area contributed by atoms with Crippen molar-refractivity contribution < 1.29 is 14.3 Å². The van der Waals surface area contributed by atoms with Gasteiger partial charge in [-0.1, -0.05) is 17.7 Å². The van der Waals surface area contributed by atoms with Crippen LogP contribution < -0.4 is 15.4 Å². The van der Waals surface area contributed by atoms with Gasteiger partial charge in [0.1, 0.15) is 12.4 Å². The summed E-state index contributed by atoms with van der Waals surface area (Å²) in [5.74, 6) is 0.630. The Bertz CT molecular complexity index is 388. The molecule has 0 radical (unpaired) electrons. The number of hydrogen-bond acceptors (Lipinski definition) is 4. The van der Waals surface area contributed by atoms with Gasteiger partial charge in [0.05, 0.1) is 19.7 Å². The monoisotopic (exact) mass is 286 g/mol. The summed E-state index contributed by atoms with van der Waals surface area (Å²) >= 11 is 5.82. The number of halogens is 1. The van der Waals surface area contributed by atoms with Gasteiger partial charge in [-0.3, -0.25) is 4.79 Å². The molecule has 19 heavy (non-hydrogen) atoms. The molecular weight excluding hydrogens is 268 g/mol. The second kappa shape index (κ2) is 9.61. The van der Waals surface area contributed by atoms with Crippen molar-refractivity contribution in [1.82, 2.24) is 10.6 Å². The fourth-order valence-corrected chi connectivity index (χ4v) is 1.54. The summed E-state index contributed by atoms with van der Waals surface area (Å²) < 4.78 is 10.3. The molecule has 0 atom stereocenters. The second-order valence-corrected chi connectivity index (χ2v) is 4.26. The van der Waals surface area contributed by atoms with E-state index in [-0.39, 0.29) is 12.5 Å². The van der Waals surface area contributed by atoms with E-state index in [2.05, 4.69) is 10.6 Å². The Morgan fingerprint density at radius 2 is 2.16 bits per heavy atom. The van der Waals surface area contributed by atoms with E-state index in [1.807, 2.05) is 12.1 Å². The summed E-state index contributed by atoms with van der Waals surface area (Å²) in [6.07, 6.45) is 0. The standard InChI is InChI=1S/C13H19ClN2O3/c1-18-7-5-15-10-13(17)16-6-8-19-12-4-2-3-11(14)9-12/h2-4,9,15H,5-8,10H2,1H3,(H,16,17). The third-order valence-corrected chi connectivity index (χ3v) is 2.49. The van der Waals surface area contributed by atoms with E-state index in [4.69, 9.17) is 21.1 Å². The molecule has 0 unspecified atom stereocenters. The lowest BCUT2D eigenvalue weighted by Gasteiger charge is -2.08. The van der Waals surface area contributed by atoms with E-state index in [1.165, 1.54) is 0 Å². The first-order valence-corrected chi connectivity index (χ1v) is 6.45. The molecule has 0 saturated heterocycles. The van der Waals surface area contributed by atoms with Gasteiger partial charge in [0, 0.05) is 18.7 Å². The van der Waals surface area contributed by atoms with E-state index in [9.17, 15) is 4.79 Å². The minimum atomic E-state index is -0.0641. The molecule has 5 nitrogen and oxygen atoms in total. The van der Waals surface area contributed by atoms with Crippen LogP contribution in [0.5, 0.6) is 5.75 Å². The van der Waals surface area contributed by atoms with Crippen LogP contribution in [0.15, 0.2) is 24.3 Å². The molecule has 1 aromatic carbocycles. The smallest absolute Gasteiger partial charge is 0.234 e. The predicted molar refractivity (Wildman–Crippen MR) is 74.7 cm³/mol. The van der Waals surface area contributed by atoms with Crippen molar-refractivity contribution in [2.24, 2.45) is 0 Å². The molecule has 1 rings (SSSR count). The maximum Gasteiger partial charge on any atom is 0.234 e. The highest BCUT2D eigenvalue weighted by atomic mass is 35.5. The molecule has 0 aromatic heterocycles. The molecule has 0 aliphatic carbocycles. The molecule has 106 valence electrons. The lowest BCUT2D eigenvalue weighted by atomic mass is 10.3. The third kappa shape index (κ3) is 7.66. The van der Waals surface area contributed by atoms with E-state index < -0.39 is 0 Å². The lowest BCUT2D eigenvalue weighted by Crippen LogP contribution is -2.37. The maximum absolute atomic E-state index is 11.4. The van der Waals surface area contributed by atoms with Crippen molar-refractivity contribution in [2.75, 3.05) is 40.0 Å². The molecule has 0 aliphatic heterocycles. The van der Waals surface area contributed by atoms with Crippen molar-refractivity contribution in [3.8, 4) is 5.75 Å². The maximum atomic E-state index is 11.4. The van der Waals surface area contributed by atoms with Crippen LogP contribution in [-0.4, -0.2) is 45.9 Å². The normalized spacial score (nSPS) is 10.2. The minimum absolute atomic E-state index is 0.0641. The van der Waals surface area contributed by atoms with Gasteiger partial charge in [0.15, 0.2) is 0 Å². The SMILES string of the molecule is COCCNCC(=O)NCCOc1cccc(Cl)c1. The largest absolute Gasteiger partial charge is 0.492 e. The molecule has 0 spiro atoms. The van der Waals surface area contributed by atoms with Gasteiger partial charge in [0.25, 0.3) is 0 Å². The fourth-order valence-electron chi connectivity index (χ4n) is 1.35. The first-order chi connectivity index (χ1) is 9.22. The van der Waals surface area contributed by atoms with Crippen molar-refractivity contribution in [2.45, 2.75) is 0 Å². The van der Waals surface area contributed by atoms with Crippen LogP contribution in [0.1, 0.15) is 0 Å². The Balaban J connectivity index is 2.05. The Morgan fingerprint density at radius 1 is 1.32 bits per heavy atom. The van der Waals surface area contributed by atoms with E-state index in [0.29, 0.717) is 37.1 Å². The highest BCUT2D eigenvalue weighted by Gasteiger charge is 2.00. The number of amides is 1. The summed E-state index contributed by atoms with van der Waals surface area (Å²) in [7, 11) is 1.62. The number of ether oxygens (including phenoxy) is 2. The molecule has 1 aromatic rings. The van der Waals surface area contributed by atoms with Gasteiger partial charge >= 0.3 is 0 Å². The Labute approximate surface area is 118 Å². The number of carbonyl (C=O) groups is 1. The molecule has 0 heterocycles. The number of nitrogens with one attached hydrogen (secondary N) is 2. The zero-order valence-electron chi connectivity index (χ0n) is 10.9. The Morgan fingerprint density at radius 3 is 2.89 bits per heavy atom. The summed E-state index contributed by atoms with van der Waals surface area (Å²) in [5.41, 5.74) is 0. The van der Waals surface area contributed by atoms with Gasteiger partial charge in [-0.25, -0.2) is 0 Å². The zero-order chi connectivity index (χ0) is 13.9. The van der Waals surface area contributed by atoms with E-state index >= 15 is 0 Å². The number of hydrogen-bond donors (Lipinski definition) is 2.